The van der Waals surface area contributed by atoms with E-state index in [1.807, 2.05) is 0 Å². The highest BCUT2D eigenvalue weighted by atomic mass is 35.5. The summed E-state index contributed by atoms with van der Waals surface area (Å²) >= 11 is 10.8. The molecule has 47 valence electrons. The molecule has 1 aromatic carbocycles. The lowest BCUT2D eigenvalue weighted by Gasteiger charge is -1.89. The zero-order valence-corrected chi connectivity index (χ0v) is 5.80. The van der Waals surface area contributed by atoms with Crippen LogP contribution in [0.4, 0.5) is 4.39 Å². The summed E-state index contributed by atoms with van der Waals surface area (Å²) in [6.07, 6.45) is 0. The molecule has 9 heavy (non-hydrogen) atoms. The van der Waals surface area contributed by atoms with Crippen LogP contribution in [0.2, 0.25) is 10.0 Å². The van der Waals surface area contributed by atoms with Crippen LogP contribution in [0.15, 0.2) is 12.1 Å². The van der Waals surface area contributed by atoms with Gasteiger partial charge in [-0.3, -0.25) is 0 Å². The molecule has 0 bridgehead atoms. The van der Waals surface area contributed by atoms with E-state index < -0.39 is 5.82 Å². The SMILES string of the molecule is Fc1[c]c(Cl)cc(Cl)c1. The Morgan fingerprint density at radius 3 is 2.44 bits per heavy atom. The maximum Gasteiger partial charge on any atom is 0.134 e. The molecule has 0 unspecified atom stereocenters. The van der Waals surface area contributed by atoms with Gasteiger partial charge in [-0.05, 0) is 12.1 Å². The number of hydrogen-bond acceptors (Lipinski definition) is 0. The second kappa shape index (κ2) is 2.54. The third kappa shape index (κ3) is 1.84. The Labute approximate surface area is 62.2 Å². The Morgan fingerprint density at radius 1 is 1.33 bits per heavy atom. The van der Waals surface area contributed by atoms with Crippen molar-refractivity contribution in [1.82, 2.24) is 0 Å². The van der Waals surface area contributed by atoms with Crippen LogP contribution in [0, 0.1) is 11.9 Å². The molecule has 0 heterocycles. The quantitative estimate of drug-likeness (QED) is 0.552. The van der Waals surface area contributed by atoms with E-state index in [2.05, 4.69) is 6.07 Å². The second-order valence-electron chi connectivity index (χ2n) is 1.49. The van der Waals surface area contributed by atoms with Crippen molar-refractivity contribution in [3.8, 4) is 0 Å². The first-order valence-electron chi connectivity index (χ1n) is 2.22. The number of halogens is 3. The monoisotopic (exact) mass is 163 g/mol. The molecule has 0 aliphatic rings. The maximum absolute atomic E-state index is 12.2. The Kier molecular flexibility index (Phi) is 1.94. The molecular weight excluding hydrogens is 162 g/mol. The van der Waals surface area contributed by atoms with E-state index in [1.54, 1.807) is 0 Å². The van der Waals surface area contributed by atoms with Gasteiger partial charge in [0.1, 0.15) is 5.82 Å². The minimum Gasteiger partial charge on any atom is -0.206 e. The van der Waals surface area contributed by atoms with Gasteiger partial charge in [0.15, 0.2) is 0 Å². The van der Waals surface area contributed by atoms with Gasteiger partial charge in [-0.1, -0.05) is 23.2 Å². The third-order valence-electron chi connectivity index (χ3n) is 0.768. The highest BCUT2D eigenvalue weighted by Crippen LogP contribution is 2.16. The summed E-state index contributed by atoms with van der Waals surface area (Å²) in [5.41, 5.74) is 0. The lowest BCUT2D eigenvalue weighted by Crippen LogP contribution is -1.72. The molecule has 1 rings (SSSR count). The summed E-state index contributed by atoms with van der Waals surface area (Å²) in [5, 5.41) is 0.483. The van der Waals surface area contributed by atoms with Crippen LogP contribution in [0.1, 0.15) is 0 Å². The summed E-state index contributed by atoms with van der Waals surface area (Å²) in [5.74, 6) is -0.535. The minimum absolute atomic E-state index is 0.194. The van der Waals surface area contributed by atoms with Gasteiger partial charge in [-0.2, -0.15) is 0 Å². The fourth-order valence-electron chi connectivity index (χ4n) is 0.470. The zero-order valence-electron chi connectivity index (χ0n) is 4.29. The number of benzene rings is 1. The zero-order chi connectivity index (χ0) is 6.85. The highest BCUT2D eigenvalue weighted by Gasteiger charge is 1.95. The van der Waals surface area contributed by atoms with Crippen molar-refractivity contribution in [2.45, 2.75) is 0 Å². The van der Waals surface area contributed by atoms with Gasteiger partial charge in [0.2, 0.25) is 0 Å². The van der Waals surface area contributed by atoms with Crippen molar-refractivity contribution in [2.24, 2.45) is 0 Å². The summed E-state index contributed by atoms with van der Waals surface area (Å²) in [7, 11) is 0. The second-order valence-corrected chi connectivity index (χ2v) is 2.34. The van der Waals surface area contributed by atoms with Crippen molar-refractivity contribution in [1.29, 1.82) is 0 Å². The fourth-order valence-corrected chi connectivity index (χ4v) is 0.939. The first kappa shape index (κ1) is 6.84. The molecule has 0 aliphatic heterocycles. The topological polar surface area (TPSA) is 0 Å². The number of hydrogen-bond donors (Lipinski definition) is 0. The molecule has 1 aromatic rings. The van der Waals surface area contributed by atoms with E-state index in [9.17, 15) is 4.39 Å². The van der Waals surface area contributed by atoms with Crippen LogP contribution in [-0.2, 0) is 0 Å². The molecule has 0 saturated heterocycles. The maximum atomic E-state index is 12.2. The van der Waals surface area contributed by atoms with Crippen LogP contribution in [0.3, 0.4) is 0 Å². The molecule has 0 spiro atoms. The standard InChI is InChI=1S/C6H2Cl2F/c7-4-1-5(8)3-6(9)2-4/h1-2H. The molecule has 3 heteroatoms. The van der Waals surface area contributed by atoms with E-state index in [-0.39, 0.29) is 10.0 Å². The summed E-state index contributed by atoms with van der Waals surface area (Å²) in [4.78, 5) is 0. The Morgan fingerprint density at radius 2 is 2.00 bits per heavy atom. The molecular formula is C6H2Cl2F. The van der Waals surface area contributed by atoms with Gasteiger partial charge in [-0.25, -0.2) is 4.39 Å². The summed E-state index contributed by atoms with van der Waals surface area (Å²) < 4.78 is 12.2. The molecule has 0 aromatic heterocycles. The van der Waals surface area contributed by atoms with E-state index in [0.717, 1.165) is 6.07 Å². The van der Waals surface area contributed by atoms with Gasteiger partial charge in [0.25, 0.3) is 0 Å². The highest BCUT2D eigenvalue weighted by molar-refractivity contribution is 6.34. The predicted octanol–water partition coefficient (Wildman–Crippen LogP) is 2.93. The molecule has 0 fully saturated rings. The molecule has 0 nitrogen and oxygen atoms in total. The van der Waals surface area contributed by atoms with E-state index >= 15 is 0 Å². The average molecular weight is 164 g/mol. The van der Waals surface area contributed by atoms with Crippen molar-refractivity contribution in [2.75, 3.05) is 0 Å². The van der Waals surface area contributed by atoms with E-state index in [4.69, 9.17) is 23.2 Å². The van der Waals surface area contributed by atoms with E-state index in [0.29, 0.717) is 0 Å². The van der Waals surface area contributed by atoms with Crippen LogP contribution < -0.4 is 0 Å². The van der Waals surface area contributed by atoms with Crippen molar-refractivity contribution in [3.63, 3.8) is 0 Å². The predicted molar refractivity (Wildman–Crippen MR) is 35.3 cm³/mol. The largest absolute Gasteiger partial charge is 0.206 e. The van der Waals surface area contributed by atoms with Gasteiger partial charge < -0.3 is 0 Å². The number of rotatable bonds is 0. The minimum atomic E-state index is -0.535. The summed E-state index contributed by atoms with van der Waals surface area (Å²) in [6.45, 7) is 0. The first-order chi connectivity index (χ1) is 4.18. The molecule has 0 atom stereocenters. The molecule has 0 N–H and O–H groups in total. The van der Waals surface area contributed by atoms with Gasteiger partial charge in [-0.15, -0.1) is 0 Å². The Bertz CT molecular complexity index is 172. The Hall–Kier alpha value is -0.270. The fraction of sp³-hybridized carbons (Fsp3) is 0. The van der Waals surface area contributed by atoms with Gasteiger partial charge in [0, 0.05) is 11.1 Å². The van der Waals surface area contributed by atoms with E-state index in [1.165, 1.54) is 6.07 Å². The van der Waals surface area contributed by atoms with Gasteiger partial charge >= 0.3 is 0 Å². The van der Waals surface area contributed by atoms with Crippen LogP contribution in [-0.4, -0.2) is 0 Å². The lowest BCUT2D eigenvalue weighted by atomic mass is 10.3. The smallest absolute Gasteiger partial charge is 0.134 e. The molecule has 1 radical (unpaired) electrons. The van der Waals surface area contributed by atoms with Gasteiger partial charge in [0.05, 0.1) is 5.02 Å². The average Bonchev–Trinajstić information content (AvgIpc) is 1.59. The first-order valence-corrected chi connectivity index (χ1v) is 2.98. The normalized spacial score (nSPS) is 9.67. The van der Waals surface area contributed by atoms with Crippen molar-refractivity contribution >= 4 is 23.2 Å². The van der Waals surface area contributed by atoms with Crippen molar-refractivity contribution < 1.29 is 4.39 Å². The molecule has 0 amide bonds. The lowest BCUT2D eigenvalue weighted by molar-refractivity contribution is 0.626. The van der Waals surface area contributed by atoms with Crippen LogP contribution in [0.25, 0.3) is 0 Å². The molecule has 0 saturated carbocycles. The summed E-state index contributed by atoms with van der Waals surface area (Å²) in [6, 6.07) is 4.79. The van der Waals surface area contributed by atoms with Crippen molar-refractivity contribution in [3.05, 3.63) is 34.1 Å². The third-order valence-corrected chi connectivity index (χ3v) is 1.19. The Balaban J connectivity index is 3.17. The van der Waals surface area contributed by atoms with Crippen LogP contribution >= 0.6 is 23.2 Å². The molecule has 0 aliphatic carbocycles. The van der Waals surface area contributed by atoms with Crippen LogP contribution in [0.5, 0.6) is 0 Å².